The Bertz CT molecular complexity index is 765. The average Bonchev–Trinajstić information content (AvgIpc) is 2.52. The molecule has 3 nitrogen and oxygen atoms in total. The van der Waals surface area contributed by atoms with Crippen molar-refractivity contribution in [1.29, 1.82) is 0 Å². The van der Waals surface area contributed by atoms with Crippen molar-refractivity contribution in [2.75, 3.05) is 5.32 Å². The molecular weight excluding hydrogens is 258 g/mol. The van der Waals surface area contributed by atoms with E-state index in [2.05, 4.69) is 46.7 Å². The van der Waals surface area contributed by atoms with Gasteiger partial charge in [0.25, 0.3) is 0 Å². The van der Waals surface area contributed by atoms with E-state index in [4.69, 9.17) is 5.73 Å². The standard InChI is InChI=1S/C18H19N3/c1-13-9-18(16-7-2-3-8-17(16)21-13)20-12-15-6-4-5-14(10-15)11-19/h2-10H,11-12,19H2,1H3,(H,20,21). The van der Waals surface area contributed by atoms with E-state index in [9.17, 15) is 0 Å². The summed E-state index contributed by atoms with van der Waals surface area (Å²) in [6.07, 6.45) is 0. The van der Waals surface area contributed by atoms with E-state index in [-0.39, 0.29) is 0 Å². The molecule has 1 heterocycles. The second-order valence-electron chi connectivity index (χ2n) is 5.21. The lowest BCUT2D eigenvalue weighted by molar-refractivity contribution is 1.05. The van der Waals surface area contributed by atoms with Crippen LogP contribution in [0.2, 0.25) is 0 Å². The number of para-hydroxylation sites is 1. The Hall–Kier alpha value is -2.39. The number of nitrogens with two attached hydrogens (primary N) is 1. The highest BCUT2D eigenvalue weighted by Crippen LogP contribution is 2.23. The van der Waals surface area contributed by atoms with Crippen molar-refractivity contribution in [1.82, 2.24) is 4.98 Å². The topological polar surface area (TPSA) is 50.9 Å². The van der Waals surface area contributed by atoms with Gasteiger partial charge in [0.2, 0.25) is 0 Å². The van der Waals surface area contributed by atoms with Gasteiger partial charge in [-0.2, -0.15) is 0 Å². The van der Waals surface area contributed by atoms with E-state index in [0.717, 1.165) is 34.4 Å². The zero-order chi connectivity index (χ0) is 14.7. The number of rotatable bonds is 4. The van der Waals surface area contributed by atoms with Crippen molar-refractivity contribution in [3.63, 3.8) is 0 Å². The SMILES string of the molecule is Cc1cc(NCc2cccc(CN)c2)c2ccccc2n1. The molecule has 3 rings (SSSR count). The van der Waals surface area contributed by atoms with Gasteiger partial charge < -0.3 is 11.1 Å². The Balaban J connectivity index is 1.87. The lowest BCUT2D eigenvalue weighted by Crippen LogP contribution is -2.03. The first-order chi connectivity index (χ1) is 10.3. The summed E-state index contributed by atoms with van der Waals surface area (Å²) in [7, 11) is 0. The van der Waals surface area contributed by atoms with Gasteiger partial charge in [-0.3, -0.25) is 4.98 Å². The van der Waals surface area contributed by atoms with Crippen molar-refractivity contribution < 1.29 is 0 Å². The maximum Gasteiger partial charge on any atom is 0.0725 e. The normalized spacial score (nSPS) is 10.8. The third-order valence-corrected chi connectivity index (χ3v) is 3.55. The summed E-state index contributed by atoms with van der Waals surface area (Å²) in [5.74, 6) is 0. The van der Waals surface area contributed by atoms with E-state index in [1.807, 2.05) is 25.1 Å². The van der Waals surface area contributed by atoms with Crippen LogP contribution in [0.5, 0.6) is 0 Å². The van der Waals surface area contributed by atoms with Gasteiger partial charge in [-0.1, -0.05) is 42.5 Å². The molecule has 3 heteroatoms. The molecule has 0 atom stereocenters. The summed E-state index contributed by atoms with van der Waals surface area (Å²) in [6, 6.07) is 18.6. The molecule has 0 radical (unpaired) electrons. The first-order valence-electron chi connectivity index (χ1n) is 7.14. The predicted octanol–water partition coefficient (Wildman–Crippen LogP) is 3.61. The monoisotopic (exact) mass is 277 g/mol. The molecule has 106 valence electrons. The van der Waals surface area contributed by atoms with Crippen LogP contribution in [0.25, 0.3) is 10.9 Å². The molecule has 0 fully saturated rings. The fourth-order valence-electron chi connectivity index (χ4n) is 2.52. The Kier molecular flexibility index (Phi) is 3.84. The van der Waals surface area contributed by atoms with Crippen LogP contribution in [-0.2, 0) is 13.1 Å². The van der Waals surface area contributed by atoms with Crippen molar-refractivity contribution in [3.05, 3.63) is 71.4 Å². The van der Waals surface area contributed by atoms with Crippen molar-refractivity contribution in [2.24, 2.45) is 5.73 Å². The second kappa shape index (κ2) is 5.94. The van der Waals surface area contributed by atoms with Gasteiger partial charge in [0.05, 0.1) is 5.52 Å². The zero-order valence-corrected chi connectivity index (χ0v) is 12.1. The number of nitrogens with zero attached hydrogens (tertiary/aromatic N) is 1. The van der Waals surface area contributed by atoms with E-state index in [0.29, 0.717) is 6.54 Å². The highest BCUT2D eigenvalue weighted by atomic mass is 14.9. The van der Waals surface area contributed by atoms with Gasteiger partial charge in [-0.15, -0.1) is 0 Å². The van der Waals surface area contributed by atoms with Crippen LogP contribution in [0.4, 0.5) is 5.69 Å². The number of fused-ring (bicyclic) bond motifs is 1. The molecule has 1 aromatic heterocycles. The van der Waals surface area contributed by atoms with Crippen LogP contribution in [-0.4, -0.2) is 4.98 Å². The van der Waals surface area contributed by atoms with Gasteiger partial charge >= 0.3 is 0 Å². The lowest BCUT2D eigenvalue weighted by Gasteiger charge is -2.11. The maximum atomic E-state index is 5.69. The van der Waals surface area contributed by atoms with Gasteiger partial charge in [-0.05, 0) is 30.2 Å². The van der Waals surface area contributed by atoms with Crippen LogP contribution in [0.1, 0.15) is 16.8 Å². The molecule has 21 heavy (non-hydrogen) atoms. The molecule has 2 aromatic carbocycles. The molecule has 3 aromatic rings. The van der Waals surface area contributed by atoms with Crippen LogP contribution >= 0.6 is 0 Å². The number of aromatic nitrogens is 1. The molecular formula is C18H19N3. The maximum absolute atomic E-state index is 5.69. The van der Waals surface area contributed by atoms with Crippen LogP contribution in [0.15, 0.2) is 54.6 Å². The number of pyridine rings is 1. The van der Waals surface area contributed by atoms with Crippen molar-refractivity contribution >= 4 is 16.6 Å². The minimum Gasteiger partial charge on any atom is -0.380 e. The number of benzene rings is 2. The van der Waals surface area contributed by atoms with Gasteiger partial charge in [-0.25, -0.2) is 0 Å². The Morgan fingerprint density at radius 3 is 2.67 bits per heavy atom. The quantitative estimate of drug-likeness (QED) is 0.766. The number of aryl methyl sites for hydroxylation is 1. The van der Waals surface area contributed by atoms with Crippen LogP contribution < -0.4 is 11.1 Å². The summed E-state index contributed by atoms with van der Waals surface area (Å²) in [5.41, 5.74) is 11.2. The molecule has 0 bridgehead atoms. The molecule has 0 saturated heterocycles. The molecule has 0 unspecified atom stereocenters. The van der Waals surface area contributed by atoms with Gasteiger partial charge in [0.15, 0.2) is 0 Å². The fraction of sp³-hybridized carbons (Fsp3) is 0.167. The number of anilines is 1. The molecule has 0 aliphatic carbocycles. The lowest BCUT2D eigenvalue weighted by atomic mass is 10.1. The number of hydrogen-bond acceptors (Lipinski definition) is 3. The average molecular weight is 277 g/mol. The molecule has 0 amide bonds. The minimum absolute atomic E-state index is 0.575. The fourth-order valence-corrected chi connectivity index (χ4v) is 2.52. The molecule has 0 saturated carbocycles. The summed E-state index contributed by atoms with van der Waals surface area (Å²) in [4.78, 5) is 4.56. The summed E-state index contributed by atoms with van der Waals surface area (Å²) >= 11 is 0. The van der Waals surface area contributed by atoms with Crippen molar-refractivity contribution in [3.8, 4) is 0 Å². The van der Waals surface area contributed by atoms with Crippen LogP contribution in [0.3, 0.4) is 0 Å². The third-order valence-electron chi connectivity index (χ3n) is 3.55. The molecule has 0 spiro atoms. The van der Waals surface area contributed by atoms with E-state index >= 15 is 0 Å². The number of hydrogen-bond donors (Lipinski definition) is 2. The molecule has 0 aliphatic heterocycles. The first-order valence-corrected chi connectivity index (χ1v) is 7.14. The summed E-state index contributed by atoms with van der Waals surface area (Å²) in [5, 5.41) is 4.67. The molecule has 0 aliphatic rings. The zero-order valence-electron chi connectivity index (χ0n) is 12.1. The Morgan fingerprint density at radius 1 is 1.00 bits per heavy atom. The molecule has 3 N–H and O–H groups in total. The predicted molar refractivity (Wildman–Crippen MR) is 88.1 cm³/mol. The summed E-state index contributed by atoms with van der Waals surface area (Å²) < 4.78 is 0. The second-order valence-corrected chi connectivity index (χ2v) is 5.21. The third kappa shape index (κ3) is 3.03. The largest absolute Gasteiger partial charge is 0.380 e. The summed E-state index contributed by atoms with van der Waals surface area (Å²) in [6.45, 7) is 3.37. The van der Waals surface area contributed by atoms with E-state index in [1.54, 1.807) is 0 Å². The van der Waals surface area contributed by atoms with Gasteiger partial charge in [0.1, 0.15) is 0 Å². The Morgan fingerprint density at radius 2 is 1.81 bits per heavy atom. The number of nitrogens with one attached hydrogen (secondary N) is 1. The highest BCUT2D eigenvalue weighted by molar-refractivity contribution is 5.91. The minimum atomic E-state index is 0.575. The van der Waals surface area contributed by atoms with Crippen molar-refractivity contribution in [2.45, 2.75) is 20.0 Å². The van der Waals surface area contributed by atoms with E-state index < -0.39 is 0 Å². The van der Waals surface area contributed by atoms with Gasteiger partial charge in [0, 0.05) is 29.9 Å². The highest BCUT2D eigenvalue weighted by Gasteiger charge is 2.03. The first kappa shape index (κ1) is 13.6. The van der Waals surface area contributed by atoms with Crippen LogP contribution in [0, 0.1) is 6.92 Å². The smallest absolute Gasteiger partial charge is 0.0725 e. The van der Waals surface area contributed by atoms with E-state index in [1.165, 1.54) is 5.56 Å². The Labute approximate surface area is 124 Å².